The number of morpholine rings is 1. The molecule has 0 bridgehead atoms. The highest BCUT2D eigenvalue weighted by Gasteiger charge is 2.39. The molecule has 132 valence electrons. The van der Waals surface area contributed by atoms with Gasteiger partial charge in [0.1, 0.15) is 12.4 Å². The third-order valence-electron chi connectivity index (χ3n) is 4.79. The van der Waals surface area contributed by atoms with Gasteiger partial charge in [-0.25, -0.2) is 4.98 Å². The molecule has 2 aliphatic heterocycles. The van der Waals surface area contributed by atoms with E-state index < -0.39 is 0 Å². The molecule has 0 aliphatic carbocycles. The van der Waals surface area contributed by atoms with Gasteiger partial charge >= 0.3 is 0 Å². The van der Waals surface area contributed by atoms with Crippen molar-refractivity contribution in [1.29, 1.82) is 0 Å². The molecule has 1 aromatic heterocycles. The first-order chi connectivity index (χ1) is 11.5. The number of aryl methyl sites for hydroxylation is 2. The number of rotatable bonds is 4. The summed E-state index contributed by atoms with van der Waals surface area (Å²) in [5.74, 6) is 0.561. The Kier molecular flexibility index (Phi) is 4.86. The molecule has 2 amide bonds. The number of carbonyl (C=O) groups is 2. The van der Waals surface area contributed by atoms with E-state index in [9.17, 15) is 9.59 Å². The number of aromatic nitrogens is 2. The molecule has 0 aromatic carbocycles. The van der Waals surface area contributed by atoms with Crippen LogP contribution >= 0.6 is 0 Å². The molecule has 2 fully saturated rings. The van der Waals surface area contributed by atoms with Crippen LogP contribution in [0, 0.1) is 13.8 Å². The van der Waals surface area contributed by atoms with Crippen molar-refractivity contribution < 1.29 is 19.1 Å². The van der Waals surface area contributed by atoms with Crippen molar-refractivity contribution in [2.24, 2.45) is 0 Å². The highest BCUT2D eigenvalue weighted by Crippen LogP contribution is 2.32. The van der Waals surface area contributed by atoms with E-state index in [1.54, 1.807) is 16.9 Å². The predicted molar refractivity (Wildman–Crippen MR) is 85.3 cm³/mol. The second-order valence-electron chi connectivity index (χ2n) is 6.36. The molecule has 0 radical (unpaired) electrons. The number of amides is 2. The summed E-state index contributed by atoms with van der Waals surface area (Å²) in [6.45, 7) is 5.47. The van der Waals surface area contributed by atoms with Gasteiger partial charge in [-0.2, -0.15) is 0 Å². The molecule has 0 saturated carbocycles. The van der Waals surface area contributed by atoms with Gasteiger partial charge in [0, 0.05) is 32.3 Å². The number of hydrogen-bond acceptors (Lipinski definition) is 5. The van der Waals surface area contributed by atoms with E-state index in [1.807, 2.05) is 13.8 Å². The molecule has 1 aromatic rings. The standard InChI is InChI=1S/C16H24N4O4/c1-10-11(2)18-16(17-10)13-6-12(23-3)7-20(13)14(21)8-19-4-5-24-9-15(19)22/h12-13H,4-9H2,1-3H3,(H,17,18)/t12-,13+/m1/s1. The van der Waals surface area contributed by atoms with E-state index in [0.29, 0.717) is 26.1 Å². The average molecular weight is 336 g/mol. The number of ether oxygens (including phenoxy) is 2. The molecule has 3 rings (SSSR count). The Hall–Kier alpha value is -1.93. The van der Waals surface area contributed by atoms with Crippen molar-refractivity contribution in [2.45, 2.75) is 32.4 Å². The number of likely N-dealkylation sites (tertiary alicyclic amines) is 1. The van der Waals surface area contributed by atoms with Gasteiger partial charge in [0.2, 0.25) is 11.8 Å². The SMILES string of the molecule is CO[C@@H]1C[C@@H](c2nc(C)c(C)[nH]2)N(C(=O)CN2CCOCC2=O)C1. The van der Waals surface area contributed by atoms with Crippen molar-refractivity contribution >= 4 is 11.8 Å². The molecular formula is C16H24N4O4. The van der Waals surface area contributed by atoms with Crippen molar-refractivity contribution in [1.82, 2.24) is 19.8 Å². The van der Waals surface area contributed by atoms with Crippen molar-refractivity contribution in [3.8, 4) is 0 Å². The number of H-pyrrole nitrogens is 1. The van der Waals surface area contributed by atoms with Gasteiger partial charge in [0.25, 0.3) is 0 Å². The highest BCUT2D eigenvalue weighted by molar-refractivity contribution is 5.86. The van der Waals surface area contributed by atoms with Crippen LogP contribution < -0.4 is 0 Å². The first-order valence-corrected chi connectivity index (χ1v) is 8.20. The summed E-state index contributed by atoms with van der Waals surface area (Å²) in [5, 5.41) is 0. The number of hydrogen-bond donors (Lipinski definition) is 1. The summed E-state index contributed by atoms with van der Waals surface area (Å²) in [5.41, 5.74) is 1.93. The van der Waals surface area contributed by atoms with Crippen LogP contribution in [0.25, 0.3) is 0 Å². The number of carbonyl (C=O) groups excluding carboxylic acids is 2. The molecule has 2 aliphatic rings. The van der Waals surface area contributed by atoms with Gasteiger partial charge in [0.15, 0.2) is 0 Å². The van der Waals surface area contributed by atoms with E-state index in [4.69, 9.17) is 9.47 Å². The lowest BCUT2D eigenvalue weighted by molar-refractivity contribution is -0.149. The molecule has 1 N–H and O–H groups in total. The maximum atomic E-state index is 12.8. The molecule has 2 atom stereocenters. The Labute approximate surface area is 141 Å². The minimum atomic E-state index is -0.147. The first kappa shape index (κ1) is 16.9. The minimum absolute atomic E-state index is 0.0231. The minimum Gasteiger partial charge on any atom is -0.380 e. The predicted octanol–water partition coefficient (Wildman–Crippen LogP) is 0.174. The summed E-state index contributed by atoms with van der Waals surface area (Å²) in [6.07, 6.45) is 0.677. The molecule has 8 nitrogen and oxygen atoms in total. The number of aromatic amines is 1. The van der Waals surface area contributed by atoms with Gasteiger partial charge in [-0.1, -0.05) is 0 Å². The second-order valence-corrected chi connectivity index (χ2v) is 6.36. The molecule has 24 heavy (non-hydrogen) atoms. The van der Waals surface area contributed by atoms with E-state index in [0.717, 1.165) is 17.2 Å². The summed E-state index contributed by atoms with van der Waals surface area (Å²) in [4.78, 5) is 35.8. The monoisotopic (exact) mass is 336 g/mol. The number of imidazole rings is 1. The maximum absolute atomic E-state index is 12.8. The zero-order valence-corrected chi connectivity index (χ0v) is 14.4. The second kappa shape index (κ2) is 6.90. The zero-order chi connectivity index (χ0) is 17.3. The maximum Gasteiger partial charge on any atom is 0.249 e. The van der Waals surface area contributed by atoms with Crippen molar-refractivity contribution in [3.63, 3.8) is 0 Å². The Bertz CT molecular complexity index is 610. The normalized spacial score (nSPS) is 24.7. The lowest BCUT2D eigenvalue weighted by atomic mass is 10.2. The van der Waals surface area contributed by atoms with Crippen LogP contribution in [-0.2, 0) is 19.1 Å². The van der Waals surface area contributed by atoms with Gasteiger partial charge < -0.3 is 24.3 Å². The average Bonchev–Trinajstić information content (AvgIpc) is 3.13. The first-order valence-electron chi connectivity index (χ1n) is 8.20. The van der Waals surface area contributed by atoms with Gasteiger partial charge in [0.05, 0.1) is 31.0 Å². The molecule has 3 heterocycles. The smallest absolute Gasteiger partial charge is 0.249 e. The van der Waals surface area contributed by atoms with Crippen molar-refractivity contribution in [2.75, 3.05) is 40.0 Å². The fourth-order valence-electron chi connectivity index (χ4n) is 3.21. The van der Waals surface area contributed by atoms with Crippen LogP contribution in [-0.4, -0.2) is 77.6 Å². The van der Waals surface area contributed by atoms with E-state index >= 15 is 0 Å². The fourth-order valence-corrected chi connectivity index (χ4v) is 3.21. The van der Waals surface area contributed by atoms with E-state index in [-0.39, 0.29) is 37.1 Å². The van der Waals surface area contributed by atoms with Crippen LogP contribution in [0.4, 0.5) is 0 Å². The Balaban J connectivity index is 1.75. The van der Waals surface area contributed by atoms with Gasteiger partial charge in [-0.3, -0.25) is 9.59 Å². The van der Waals surface area contributed by atoms with Crippen molar-refractivity contribution in [3.05, 3.63) is 17.2 Å². The van der Waals surface area contributed by atoms with Crippen LogP contribution in [0.2, 0.25) is 0 Å². The molecule has 0 unspecified atom stereocenters. The van der Waals surface area contributed by atoms with Crippen LogP contribution in [0.15, 0.2) is 0 Å². The summed E-state index contributed by atoms with van der Waals surface area (Å²) < 4.78 is 10.6. The topological polar surface area (TPSA) is 87.8 Å². The third kappa shape index (κ3) is 3.29. The quantitative estimate of drug-likeness (QED) is 0.847. The number of methoxy groups -OCH3 is 1. The molecule has 0 spiro atoms. The fraction of sp³-hybridized carbons (Fsp3) is 0.688. The van der Waals surface area contributed by atoms with Gasteiger partial charge in [-0.15, -0.1) is 0 Å². The van der Waals surface area contributed by atoms with E-state index in [1.165, 1.54) is 0 Å². The summed E-state index contributed by atoms with van der Waals surface area (Å²) in [6, 6.07) is -0.147. The Morgan fingerprint density at radius 2 is 2.25 bits per heavy atom. The Morgan fingerprint density at radius 1 is 1.46 bits per heavy atom. The molecule has 8 heteroatoms. The van der Waals surface area contributed by atoms with Gasteiger partial charge in [-0.05, 0) is 13.8 Å². The highest BCUT2D eigenvalue weighted by atomic mass is 16.5. The van der Waals surface area contributed by atoms with Crippen LogP contribution in [0.3, 0.4) is 0 Å². The third-order valence-corrected chi connectivity index (χ3v) is 4.79. The lowest BCUT2D eigenvalue weighted by Gasteiger charge is -2.30. The van der Waals surface area contributed by atoms with E-state index in [2.05, 4.69) is 9.97 Å². The largest absolute Gasteiger partial charge is 0.380 e. The summed E-state index contributed by atoms with van der Waals surface area (Å²) in [7, 11) is 1.65. The zero-order valence-electron chi connectivity index (χ0n) is 14.4. The van der Waals surface area contributed by atoms with Crippen LogP contribution in [0.1, 0.15) is 29.7 Å². The number of nitrogens with one attached hydrogen (secondary N) is 1. The molecule has 2 saturated heterocycles. The number of nitrogens with zero attached hydrogens (tertiary/aromatic N) is 3. The Morgan fingerprint density at radius 3 is 2.88 bits per heavy atom. The summed E-state index contributed by atoms with van der Waals surface area (Å²) >= 11 is 0. The lowest BCUT2D eigenvalue weighted by Crippen LogP contribution is -2.48. The van der Waals surface area contributed by atoms with Crippen LogP contribution in [0.5, 0.6) is 0 Å². The molecular weight excluding hydrogens is 312 g/mol.